The monoisotopic (exact) mass is 410 g/mol. The van der Waals surface area contributed by atoms with E-state index in [2.05, 4.69) is 24.5 Å². The van der Waals surface area contributed by atoms with E-state index < -0.39 is 6.10 Å². The van der Waals surface area contributed by atoms with Crippen molar-refractivity contribution in [2.45, 2.75) is 77.2 Å². The van der Waals surface area contributed by atoms with Gasteiger partial charge in [-0.2, -0.15) is 0 Å². The third-order valence-corrected chi connectivity index (χ3v) is 6.29. The van der Waals surface area contributed by atoms with E-state index in [-0.39, 0.29) is 0 Å². The number of hydrogen-bond acceptors (Lipinski definition) is 2. The summed E-state index contributed by atoms with van der Waals surface area (Å²) in [6.07, 6.45) is 13.1. The van der Waals surface area contributed by atoms with Crippen LogP contribution in [-0.2, 0) is 0 Å². The molecule has 2 aromatic carbocycles. The van der Waals surface area contributed by atoms with Gasteiger partial charge in [-0.15, -0.1) is 11.8 Å². The Morgan fingerprint density at radius 1 is 0.759 bits per heavy atom. The maximum absolute atomic E-state index is 10.9. The molecule has 1 atom stereocenters. The van der Waals surface area contributed by atoms with Gasteiger partial charge in [-0.1, -0.05) is 125 Å². The number of rotatable bonds is 15. The molecule has 0 aliphatic carbocycles. The van der Waals surface area contributed by atoms with Gasteiger partial charge in [0.15, 0.2) is 0 Å². The van der Waals surface area contributed by atoms with Crippen molar-refractivity contribution in [3.63, 3.8) is 0 Å². The molecule has 0 fully saturated rings. The van der Waals surface area contributed by atoms with Crippen molar-refractivity contribution in [1.82, 2.24) is 0 Å². The number of benzene rings is 2. The van der Waals surface area contributed by atoms with E-state index in [9.17, 15) is 5.11 Å². The summed E-state index contributed by atoms with van der Waals surface area (Å²) in [5.74, 6) is 1.12. The highest BCUT2D eigenvalue weighted by Crippen LogP contribution is 2.32. The molecule has 1 N–H and O–H groups in total. The summed E-state index contributed by atoms with van der Waals surface area (Å²) < 4.78 is 0. The van der Waals surface area contributed by atoms with Crippen molar-refractivity contribution in [2.24, 2.45) is 0 Å². The van der Waals surface area contributed by atoms with Gasteiger partial charge >= 0.3 is 0 Å². The largest absolute Gasteiger partial charge is 0.384 e. The smallest absolute Gasteiger partial charge is 0.105 e. The van der Waals surface area contributed by atoms with Crippen LogP contribution in [0.15, 0.2) is 66.1 Å². The first kappa shape index (κ1) is 23.8. The highest BCUT2D eigenvalue weighted by molar-refractivity contribution is 8.02. The van der Waals surface area contributed by atoms with Crippen molar-refractivity contribution in [3.8, 4) is 0 Å². The average molecular weight is 411 g/mol. The minimum absolute atomic E-state index is 0.584. The molecule has 2 aromatic rings. The Balaban J connectivity index is 1.73. The fraction of sp³-hybridized carbons (Fsp3) is 0.481. The summed E-state index contributed by atoms with van der Waals surface area (Å²) in [6.45, 7) is 2.28. The normalized spacial score (nSPS) is 12.8. The van der Waals surface area contributed by atoms with Gasteiger partial charge in [0.1, 0.15) is 6.10 Å². The molecule has 1 unspecified atom stereocenters. The molecule has 2 rings (SSSR count). The number of aliphatic hydroxyl groups is 1. The minimum Gasteiger partial charge on any atom is -0.384 e. The number of aliphatic hydroxyl groups excluding tert-OH is 1. The molecule has 1 nitrogen and oxygen atoms in total. The van der Waals surface area contributed by atoms with Gasteiger partial charge < -0.3 is 5.11 Å². The van der Waals surface area contributed by atoms with Crippen molar-refractivity contribution in [3.05, 3.63) is 77.2 Å². The highest BCUT2D eigenvalue weighted by Gasteiger charge is 2.14. The van der Waals surface area contributed by atoms with E-state index in [1.165, 1.54) is 64.2 Å². The van der Waals surface area contributed by atoms with Crippen LogP contribution < -0.4 is 0 Å². The Hall–Kier alpha value is -1.51. The summed E-state index contributed by atoms with van der Waals surface area (Å²) >= 11 is 1.83. The molecule has 0 saturated carbocycles. The fourth-order valence-electron chi connectivity index (χ4n) is 3.56. The Morgan fingerprint density at radius 3 is 1.86 bits per heavy atom. The van der Waals surface area contributed by atoms with Crippen molar-refractivity contribution in [1.29, 1.82) is 0 Å². The molecule has 0 heterocycles. The highest BCUT2D eigenvalue weighted by atomic mass is 32.2. The Bertz CT molecular complexity index is 665. The second kappa shape index (κ2) is 15.3. The summed E-state index contributed by atoms with van der Waals surface area (Å²) in [4.78, 5) is 0. The lowest BCUT2D eigenvalue weighted by Crippen LogP contribution is -2.00. The van der Waals surface area contributed by atoms with Crippen molar-refractivity contribution in [2.75, 3.05) is 5.75 Å². The maximum Gasteiger partial charge on any atom is 0.105 e. The number of hydrogen-bond donors (Lipinski definition) is 1. The fourth-order valence-corrected chi connectivity index (χ4v) is 4.49. The lowest BCUT2D eigenvalue weighted by molar-refractivity contribution is 0.238. The van der Waals surface area contributed by atoms with Crippen LogP contribution in [0.4, 0.5) is 0 Å². The average Bonchev–Trinajstić information content (AvgIpc) is 2.78. The van der Waals surface area contributed by atoms with Gasteiger partial charge in [0, 0.05) is 0 Å². The molecule has 0 aromatic heterocycles. The maximum atomic E-state index is 10.9. The van der Waals surface area contributed by atoms with Crippen LogP contribution in [0.2, 0.25) is 0 Å². The molecule has 0 aliphatic rings. The SMILES string of the molecule is CCCCCCCCCCCCS/C=C(\c1ccccc1)C(O)c1ccccc1. The lowest BCUT2D eigenvalue weighted by Gasteiger charge is -2.16. The Morgan fingerprint density at radius 2 is 1.28 bits per heavy atom. The van der Waals surface area contributed by atoms with E-state index in [1.54, 1.807) is 0 Å². The summed E-state index contributed by atoms with van der Waals surface area (Å²) in [5, 5.41) is 13.1. The molecule has 0 bridgehead atoms. The van der Waals surface area contributed by atoms with E-state index in [4.69, 9.17) is 0 Å². The standard InChI is InChI=1S/C27H38OS/c1-2-3-4-5-6-7-8-9-10-17-22-29-23-26(24-18-13-11-14-19-24)27(28)25-20-15-12-16-21-25/h11-16,18-21,23,27-28H,2-10,17,22H2,1H3/b26-23+. The van der Waals surface area contributed by atoms with Crippen LogP contribution in [-0.4, -0.2) is 10.9 Å². The summed E-state index contributed by atoms with van der Waals surface area (Å²) in [6, 6.07) is 20.2. The molecule has 0 saturated heterocycles. The number of unbranched alkanes of at least 4 members (excludes halogenated alkanes) is 9. The summed E-state index contributed by atoms with van der Waals surface area (Å²) in [5.41, 5.74) is 3.04. The molecule has 158 valence electrons. The topological polar surface area (TPSA) is 20.2 Å². The van der Waals surface area contributed by atoms with E-state index in [0.29, 0.717) is 0 Å². The lowest BCUT2D eigenvalue weighted by atomic mass is 9.97. The zero-order valence-electron chi connectivity index (χ0n) is 18.1. The van der Waals surface area contributed by atoms with E-state index >= 15 is 0 Å². The molecule has 0 spiro atoms. The van der Waals surface area contributed by atoms with Crippen LogP contribution in [0.3, 0.4) is 0 Å². The molecular formula is C27H38OS. The van der Waals surface area contributed by atoms with Gasteiger partial charge in [0.25, 0.3) is 0 Å². The van der Waals surface area contributed by atoms with Crippen LogP contribution in [0.25, 0.3) is 5.57 Å². The Labute approximate surface area is 182 Å². The first-order valence-electron chi connectivity index (χ1n) is 11.4. The van der Waals surface area contributed by atoms with Crippen LogP contribution in [0.5, 0.6) is 0 Å². The molecule has 29 heavy (non-hydrogen) atoms. The minimum atomic E-state index is -0.584. The second-order valence-corrected chi connectivity index (χ2v) is 8.78. The van der Waals surface area contributed by atoms with Gasteiger partial charge in [-0.05, 0) is 34.3 Å². The molecule has 0 aliphatic heterocycles. The van der Waals surface area contributed by atoms with Gasteiger partial charge in [-0.25, -0.2) is 0 Å². The van der Waals surface area contributed by atoms with Gasteiger partial charge in [-0.3, -0.25) is 0 Å². The van der Waals surface area contributed by atoms with Crippen molar-refractivity contribution >= 4 is 17.3 Å². The third-order valence-electron chi connectivity index (χ3n) is 5.34. The predicted molar refractivity (Wildman–Crippen MR) is 130 cm³/mol. The van der Waals surface area contributed by atoms with E-state index in [1.807, 2.05) is 60.3 Å². The molecular weight excluding hydrogens is 372 g/mol. The Kier molecular flexibility index (Phi) is 12.6. The second-order valence-electron chi connectivity index (χ2n) is 7.81. The van der Waals surface area contributed by atoms with Gasteiger partial charge in [0.05, 0.1) is 0 Å². The first-order valence-corrected chi connectivity index (χ1v) is 12.5. The molecule has 0 radical (unpaired) electrons. The van der Waals surface area contributed by atoms with Crippen molar-refractivity contribution < 1.29 is 5.11 Å². The van der Waals surface area contributed by atoms with Crippen LogP contribution >= 0.6 is 11.8 Å². The molecule has 0 amide bonds. The quantitative estimate of drug-likeness (QED) is 0.297. The third kappa shape index (κ3) is 9.69. The van der Waals surface area contributed by atoms with Crippen LogP contribution in [0, 0.1) is 0 Å². The molecule has 2 heteroatoms. The number of thioether (sulfide) groups is 1. The summed E-state index contributed by atoms with van der Waals surface area (Å²) in [7, 11) is 0. The zero-order valence-corrected chi connectivity index (χ0v) is 18.9. The van der Waals surface area contributed by atoms with Crippen LogP contribution in [0.1, 0.15) is 88.4 Å². The predicted octanol–water partition coefficient (Wildman–Crippen LogP) is 8.42. The zero-order chi connectivity index (χ0) is 20.6. The van der Waals surface area contributed by atoms with E-state index in [0.717, 1.165) is 22.5 Å². The first-order chi connectivity index (χ1) is 14.3. The van der Waals surface area contributed by atoms with Gasteiger partial charge in [0.2, 0.25) is 0 Å².